The summed E-state index contributed by atoms with van der Waals surface area (Å²) in [5, 5.41) is 4.10. The van der Waals surface area contributed by atoms with E-state index in [0.717, 1.165) is 21.2 Å². The molecular weight excluding hydrogens is 334 g/mol. The second-order valence-corrected chi connectivity index (χ2v) is 6.41. The molecule has 0 aliphatic carbocycles. The van der Waals surface area contributed by atoms with E-state index in [0.29, 0.717) is 37.8 Å². The fourth-order valence-electron chi connectivity index (χ4n) is 2.57. The summed E-state index contributed by atoms with van der Waals surface area (Å²) >= 11 is 3.56. The molecule has 21 heavy (non-hydrogen) atoms. The summed E-state index contributed by atoms with van der Waals surface area (Å²) in [5.74, 6) is 1.08. The molecule has 0 atom stereocenters. The van der Waals surface area contributed by atoms with E-state index in [9.17, 15) is 0 Å². The van der Waals surface area contributed by atoms with Crippen LogP contribution in [-0.4, -0.2) is 23.4 Å². The fraction of sp³-hybridized carbons (Fsp3) is 0.467. The van der Waals surface area contributed by atoms with E-state index >= 15 is 0 Å². The van der Waals surface area contributed by atoms with Crippen LogP contribution in [0.1, 0.15) is 29.9 Å². The van der Waals surface area contributed by atoms with Crippen LogP contribution < -0.4 is 5.73 Å². The van der Waals surface area contributed by atoms with Crippen LogP contribution in [0, 0.1) is 13.8 Å². The van der Waals surface area contributed by atoms with E-state index in [-0.39, 0.29) is 0 Å². The van der Waals surface area contributed by atoms with Gasteiger partial charge in [-0.3, -0.25) is 0 Å². The number of nitrogens with zero attached hydrogens (tertiary/aromatic N) is 2. The first-order chi connectivity index (χ1) is 9.99. The number of ether oxygens (including phenoxy) is 1. The van der Waals surface area contributed by atoms with Crippen LogP contribution in [0.3, 0.4) is 0 Å². The molecule has 0 bridgehead atoms. The quantitative estimate of drug-likeness (QED) is 0.899. The van der Waals surface area contributed by atoms with Gasteiger partial charge in [0.2, 0.25) is 11.7 Å². The van der Waals surface area contributed by atoms with Gasteiger partial charge in [-0.2, -0.15) is 4.98 Å². The third-order valence-corrected chi connectivity index (χ3v) is 5.18. The topological polar surface area (TPSA) is 74.2 Å². The normalized spacial score (nSPS) is 17.9. The number of hydrogen-bond acceptors (Lipinski definition) is 5. The smallest absolute Gasteiger partial charge is 0.247 e. The van der Waals surface area contributed by atoms with Crippen molar-refractivity contribution in [2.24, 2.45) is 5.73 Å². The van der Waals surface area contributed by atoms with Gasteiger partial charge in [-0.05, 0) is 49.9 Å². The van der Waals surface area contributed by atoms with E-state index in [4.69, 9.17) is 15.0 Å². The average molecular weight is 352 g/mol. The first-order valence-corrected chi connectivity index (χ1v) is 7.77. The lowest BCUT2D eigenvalue weighted by molar-refractivity contribution is 0.0400. The van der Waals surface area contributed by atoms with Crippen molar-refractivity contribution in [3.8, 4) is 11.4 Å². The second kappa shape index (κ2) is 5.51. The molecule has 0 radical (unpaired) electrons. The molecule has 0 amide bonds. The van der Waals surface area contributed by atoms with Gasteiger partial charge in [0.05, 0.1) is 0 Å². The molecule has 112 valence electrons. The van der Waals surface area contributed by atoms with Crippen LogP contribution in [0.2, 0.25) is 0 Å². The molecule has 3 rings (SSSR count). The molecule has 1 aromatic carbocycles. The number of aromatic nitrogens is 2. The third kappa shape index (κ3) is 2.75. The van der Waals surface area contributed by atoms with Gasteiger partial charge in [0.25, 0.3) is 0 Å². The molecule has 0 unspecified atom stereocenters. The summed E-state index contributed by atoms with van der Waals surface area (Å²) in [4.78, 5) is 4.51. The third-order valence-electron chi connectivity index (χ3n) is 3.93. The lowest BCUT2D eigenvalue weighted by Crippen LogP contribution is -2.42. The van der Waals surface area contributed by atoms with Crippen LogP contribution >= 0.6 is 15.9 Å². The minimum atomic E-state index is -0.567. The van der Waals surface area contributed by atoms with E-state index < -0.39 is 5.54 Å². The minimum Gasteiger partial charge on any atom is -0.381 e. The highest BCUT2D eigenvalue weighted by molar-refractivity contribution is 9.10. The van der Waals surface area contributed by atoms with Gasteiger partial charge in [0.1, 0.15) is 5.54 Å². The molecule has 1 fully saturated rings. The Balaban J connectivity index is 1.95. The van der Waals surface area contributed by atoms with Crippen LogP contribution in [0.25, 0.3) is 11.4 Å². The summed E-state index contributed by atoms with van der Waals surface area (Å²) in [7, 11) is 0. The molecule has 1 aliphatic rings. The van der Waals surface area contributed by atoms with Gasteiger partial charge in [0, 0.05) is 23.2 Å². The van der Waals surface area contributed by atoms with Gasteiger partial charge < -0.3 is 15.0 Å². The zero-order valence-electron chi connectivity index (χ0n) is 12.1. The molecular formula is C15H18BrN3O2. The maximum Gasteiger partial charge on any atom is 0.247 e. The van der Waals surface area contributed by atoms with Crippen molar-refractivity contribution >= 4 is 15.9 Å². The van der Waals surface area contributed by atoms with Gasteiger partial charge in [-0.1, -0.05) is 21.1 Å². The summed E-state index contributed by atoms with van der Waals surface area (Å²) < 4.78 is 11.9. The van der Waals surface area contributed by atoms with E-state index in [1.807, 2.05) is 26.0 Å². The van der Waals surface area contributed by atoms with E-state index in [2.05, 4.69) is 26.1 Å². The zero-order chi connectivity index (χ0) is 15.0. The van der Waals surface area contributed by atoms with Crippen LogP contribution in [-0.2, 0) is 10.3 Å². The number of aryl methyl sites for hydroxylation is 2. The highest BCUT2D eigenvalue weighted by atomic mass is 79.9. The number of benzene rings is 1. The maximum absolute atomic E-state index is 6.37. The Bertz CT molecular complexity index is 640. The number of rotatable bonds is 2. The first-order valence-electron chi connectivity index (χ1n) is 6.97. The minimum absolute atomic E-state index is 0.499. The standard InChI is InChI=1S/C15H18BrN3O2/c1-9-7-11(8-10(2)12(9)16)13-18-14(21-19-13)15(17)3-5-20-6-4-15/h7-8H,3-6,17H2,1-2H3. The highest BCUT2D eigenvalue weighted by Crippen LogP contribution is 2.31. The molecule has 1 saturated heterocycles. The van der Waals surface area contributed by atoms with Crippen molar-refractivity contribution in [2.45, 2.75) is 32.2 Å². The Labute approximate surface area is 132 Å². The molecule has 1 aromatic heterocycles. The number of hydrogen-bond donors (Lipinski definition) is 1. The highest BCUT2D eigenvalue weighted by Gasteiger charge is 2.35. The van der Waals surface area contributed by atoms with E-state index in [1.54, 1.807) is 0 Å². The molecule has 2 aromatic rings. The van der Waals surface area contributed by atoms with Crippen molar-refractivity contribution < 1.29 is 9.26 Å². The van der Waals surface area contributed by atoms with Crippen molar-refractivity contribution in [1.82, 2.24) is 10.1 Å². The number of nitrogens with two attached hydrogens (primary N) is 1. The second-order valence-electron chi connectivity index (χ2n) is 5.62. The van der Waals surface area contributed by atoms with E-state index in [1.165, 1.54) is 0 Å². The molecule has 1 aliphatic heterocycles. The first kappa shape index (κ1) is 14.7. The van der Waals surface area contributed by atoms with Gasteiger partial charge in [-0.15, -0.1) is 0 Å². The molecule has 5 nitrogen and oxygen atoms in total. The van der Waals surface area contributed by atoms with Crippen molar-refractivity contribution in [1.29, 1.82) is 0 Å². The Morgan fingerprint density at radius 1 is 1.19 bits per heavy atom. The summed E-state index contributed by atoms with van der Waals surface area (Å²) in [6.07, 6.45) is 1.40. The molecule has 2 N–H and O–H groups in total. The Kier molecular flexibility index (Phi) is 3.86. The summed E-state index contributed by atoms with van der Waals surface area (Å²) in [6, 6.07) is 4.08. The molecule has 2 heterocycles. The lowest BCUT2D eigenvalue weighted by atomic mass is 9.91. The lowest BCUT2D eigenvalue weighted by Gasteiger charge is -2.29. The van der Waals surface area contributed by atoms with Crippen LogP contribution in [0.15, 0.2) is 21.1 Å². The van der Waals surface area contributed by atoms with Gasteiger partial charge in [-0.25, -0.2) is 0 Å². The largest absolute Gasteiger partial charge is 0.381 e. The van der Waals surface area contributed by atoms with Gasteiger partial charge >= 0.3 is 0 Å². The van der Waals surface area contributed by atoms with Crippen molar-refractivity contribution in [2.75, 3.05) is 13.2 Å². The predicted octanol–water partition coefficient (Wildman–Crippen LogP) is 3.08. The molecule has 6 heteroatoms. The predicted molar refractivity (Wildman–Crippen MR) is 82.8 cm³/mol. The molecule has 0 saturated carbocycles. The zero-order valence-corrected chi connectivity index (χ0v) is 13.7. The fourth-order valence-corrected chi connectivity index (χ4v) is 2.80. The Hall–Kier alpha value is -1.24. The van der Waals surface area contributed by atoms with Crippen LogP contribution in [0.4, 0.5) is 0 Å². The van der Waals surface area contributed by atoms with Gasteiger partial charge in [0.15, 0.2) is 0 Å². The maximum atomic E-state index is 6.37. The Morgan fingerprint density at radius 3 is 2.43 bits per heavy atom. The van der Waals surface area contributed by atoms with Crippen molar-refractivity contribution in [3.05, 3.63) is 33.6 Å². The van der Waals surface area contributed by atoms with Crippen molar-refractivity contribution in [3.63, 3.8) is 0 Å². The summed E-state index contributed by atoms with van der Waals surface area (Å²) in [5.41, 5.74) is 9.04. The molecule has 0 spiro atoms. The Morgan fingerprint density at radius 2 is 1.81 bits per heavy atom. The SMILES string of the molecule is Cc1cc(-c2noc(C3(N)CCOCC3)n2)cc(C)c1Br. The average Bonchev–Trinajstić information content (AvgIpc) is 2.95. The summed E-state index contributed by atoms with van der Waals surface area (Å²) in [6.45, 7) is 5.35. The monoisotopic (exact) mass is 351 g/mol. The van der Waals surface area contributed by atoms with Crippen LogP contribution in [0.5, 0.6) is 0 Å². The number of halogens is 1.